The molecule has 0 spiro atoms. The first-order valence-corrected chi connectivity index (χ1v) is 7.40. The van der Waals surface area contributed by atoms with Gasteiger partial charge < -0.3 is 14.9 Å². The normalized spacial score (nSPS) is 17.5. The summed E-state index contributed by atoms with van der Waals surface area (Å²) in [5, 5.41) is 20.4. The minimum absolute atomic E-state index is 0.0272. The van der Waals surface area contributed by atoms with E-state index in [2.05, 4.69) is 0 Å². The lowest BCUT2D eigenvalue weighted by atomic mass is 9.96. The Bertz CT molecular complexity index is 673. The molecular formula is C18H18O4. The molecule has 114 valence electrons. The first kappa shape index (κ1) is 14.6. The maximum atomic E-state index is 12.4. The Morgan fingerprint density at radius 3 is 2.59 bits per heavy atom. The van der Waals surface area contributed by atoms with E-state index in [-0.39, 0.29) is 35.4 Å². The van der Waals surface area contributed by atoms with Crippen LogP contribution in [0.1, 0.15) is 40.4 Å². The molecule has 1 fully saturated rings. The van der Waals surface area contributed by atoms with Crippen LogP contribution in [0.25, 0.3) is 0 Å². The summed E-state index contributed by atoms with van der Waals surface area (Å²) in [6.45, 7) is 0.603. The van der Waals surface area contributed by atoms with Crippen LogP contribution in [0.2, 0.25) is 0 Å². The average molecular weight is 298 g/mol. The Balaban J connectivity index is 1.90. The molecule has 0 radical (unpaired) electrons. The van der Waals surface area contributed by atoms with Gasteiger partial charge in [0.05, 0.1) is 17.2 Å². The van der Waals surface area contributed by atoms with Gasteiger partial charge in [0.1, 0.15) is 11.5 Å². The van der Waals surface area contributed by atoms with E-state index in [0.29, 0.717) is 12.2 Å². The molecular weight excluding hydrogens is 280 g/mol. The number of ketones is 1. The van der Waals surface area contributed by atoms with Crippen molar-refractivity contribution in [3.63, 3.8) is 0 Å². The van der Waals surface area contributed by atoms with E-state index in [1.807, 2.05) is 30.3 Å². The third-order valence-electron chi connectivity index (χ3n) is 3.95. The van der Waals surface area contributed by atoms with Gasteiger partial charge in [0, 0.05) is 13.0 Å². The van der Waals surface area contributed by atoms with Crippen LogP contribution in [0.3, 0.4) is 0 Å². The van der Waals surface area contributed by atoms with Crippen LogP contribution >= 0.6 is 0 Å². The van der Waals surface area contributed by atoms with Crippen LogP contribution in [-0.4, -0.2) is 22.6 Å². The lowest BCUT2D eigenvalue weighted by Gasteiger charge is -2.16. The SMILES string of the molecule is O=C(Cc1ccccc1)c1ccc(O)c(C2CCCO2)c1O. The van der Waals surface area contributed by atoms with Crippen LogP contribution in [-0.2, 0) is 11.2 Å². The van der Waals surface area contributed by atoms with Crippen molar-refractivity contribution in [3.05, 3.63) is 59.2 Å². The number of ether oxygens (including phenoxy) is 1. The number of carbonyl (C=O) groups is 1. The number of carbonyl (C=O) groups excluding carboxylic acids is 1. The highest BCUT2D eigenvalue weighted by Gasteiger charge is 2.27. The number of aromatic hydroxyl groups is 2. The van der Waals surface area contributed by atoms with Gasteiger partial charge in [-0.15, -0.1) is 0 Å². The Labute approximate surface area is 129 Å². The lowest BCUT2D eigenvalue weighted by molar-refractivity contribution is 0.0984. The van der Waals surface area contributed by atoms with Gasteiger partial charge in [-0.25, -0.2) is 0 Å². The zero-order valence-electron chi connectivity index (χ0n) is 12.2. The summed E-state index contributed by atoms with van der Waals surface area (Å²) in [6, 6.07) is 12.3. The van der Waals surface area contributed by atoms with Crippen molar-refractivity contribution in [2.45, 2.75) is 25.4 Å². The summed E-state index contributed by atoms with van der Waals surface area (Å²) in [6.07, 6.45) is 1.48. The molecule has 1 saturated heterocycles. The maximum absolute atomic E-state index is 12.4. The predicted molar refractivity (Wildman–Crippen MR) is 82.2 cm³/mol. The number of phenols is 2. The molecule has 1 aliphatic heterocycles. The zero-order chi connectivity index (χ0) is 15.5. The van der Waals surface area contributed by atoms with E-state index in [4.69, 9.17) is 4.74 Å². The highest BCUT2D eigenvalue weighted by atomic mass is 16.5. The highest BCUT2D eigenvalue weighted by molar-refractivity contribution is 6.00. The van der Waals surface area contributed by atoms with Crippen LogP contribution in [0, 0.1) is 0 Å². The predicted octanol–water partition coefficient (Wildman–Crippen LogP) is 3.37. The monoisotopic (exact) mass is 298 g/mol. The second-order valence-electron chi connectivity index (χ2n) is 5.48. The van der Waals surface area contributed by atoms with Crippen molar-refractivity contribution in [3.8, 4) is 11.5 Å². The van der Waals surface area contributed by atoms with Crippen LogP contribution < -0.4 is 0 Å². The second kappa shape index (κ2) is 6.20. The molecule has 1 unspecified atom stereocenters. The van der Waals surface area contributed by atoms with Crippen molar-refractivity contribution in [1.82, 2.24) is 0 Å². The van der Waals surface area contributed by atoms with Crippen LogP contribution in [0.15, 0.2) is 42.5 Å². The number of benzene rings is 2. The molecule has 1 heterocycles. The number of Topliss-reactive ketones (excluding diaryl/α,β-unsaturated/α-hetero) is 1. The molecule has 2 N–H and O–H groups in total. The Kier molecular flexibility index (Phi) is 4.11. The fourth-order valence-corrected chi connectivity index (χ4v) is 2.82. The molecule has 0 bridgehead atoms. The van der Waals surface area contributed by atoms with Gasteiger partial charge in [-0.3, -0.25) is 4.79 Å². The zero-order valence-corrected chi connectivity index (χ0v) is 12.2. The molecule has 3 rings (SSSR count). The standard InChI is InChI=1S/C18H18O4/c19-14-9-8-13(15(20)11-12-5-2-1-3-6-12)18(21)17(14)16-7-4-10-22-16/h1-3,5-6,8-9,16,19,21H,4,7,10-11H2. The Hall–Kier alpha value is -2.33. The fourth-order valence-electron chi connectivity index (χ4n) is 2.82. The summed E-state index contributed by atoms with van der Waals surface area (Å²) >= 11 is 0. The Morgan fingerprint density at radius 2 is 1.91 bits per heavy atom. The molecule has 2 aromatic rings. The van der Waals surface area contributed by atoms with E-state index >= 15 is 0 Å². The molecule has 0 saturated carbocycles. The van der Waals surface area contributed by atoms with E-state index in [0.717, 1.165) is 18.4 Å². The van der Waals surface area contributed by atoms with Crippen molar-refractivity contribution >= 4 is 5.78 Å². The Morgan fingerprint density at radius 1 is 1.14 bits per heavy atom. The van der Waals surface area contributed by atoms with Crippen molar-refractivity contribution in [1.29, 1.82) is 0 Å². The second-order valence-corrected chi connectivity index (χ2v) is 5.48. The van der Waals surface area contributed by atoms with Gasteiger partial charge in [0.2, 0.25) is 0 Å². The van der Waals surface area contributed by atoms with Gasteiger partial charge in [-0.1, -0.05) is 30.3 Å². The number of phenolic OH excluding ortho intramolecular Hbond substituents is 2. The summed E-state index contributed by atoms with van der Waals surface area (Å²) in [5.41, 5.74) is 1.45. The topological polar surface area (TPSA) is 66.8 Å². The van der Waals surface area contributed by atoms with Crippen LogP contribution in [0.4, 0.5) is 0 Å². The van der Waals surface area contributed by atoms with Gasteiger partial charge in [0.25, 0.3) is 0 Å². The molecule has 4 nitrogen and oxygen atoms in total. The minimum atomic E-state index is -0.343. The third-order valence-corrected chi connectivity index (χ3v) is 3.95. The molecule has 1 aliphatic rings. The quantitative estimate of drug-likeness (QED) is 0.849. The summed E-state index contributed by atoms with van der Waals surface area (Å²) in [4.78, 5) is 12.4. The molecule has 1 atom stereocenters. The van der Waals surface area contributed by atoms with E-state index in [9.17, 15) is 15.0 Å². The van der Waals surface area contributed by atoms with Crippen LogP contribution in [0.5, 0.6) is 11.5 Å². The molecule has 4 heteroatoms. The maximum Gasteiger partial charge on any atom is 0.170 e. The smallest absolute Gasteiger partial charge is 0.170 e. The van der Waals surface area contributed by atoms with E-state index in [1.165, 1.54) is 12.1 Å². The number of hydrogen-bond acceptors (Lipinski definition) is 4. The van der Waals surface area contributed by atoms with Gasteiger partial charge in [-0.05, 0) is 30.5 Å². The van der Waals surface area contributed by atoms with Gasteiger partial charge >= 0.3 is 0 Å². The third kappa shape index (κ3) is 2.83. The fraction of sp³-hybridized carbons (Fsp3) is 0.278. The molecule has 0 aliphatic carbocycles. The van der Waals surface area contributed by atoms with E-state index in [1.54, 1.807) is 0 Å². The lowest BCUT2D eigenvalue weighted by Crippen LogP contribution is -2.07. The molecule has 0 amide bonds. The highest BCUT2D eigenvalue weighted by Crippen LogP contribution is 2.41. The number of hydrogen-bond donors (Lipinski definition) is 2. The number of rotatable bonds is 4. The first-order chi connectivity index (χ1) is 10.7. The summed E-state index contributed by atoms with van der Waals surface area (Å²) in [7, 11) is 0. The largest absolute Gasteiger partial charge is 0.507 e. The molecule has 2 aromatic carbocycles. The summed E-state index contributed by atoms with van der Waals surface area (Å²) in [5.74, 6) is -0.364. The van der Waals surface area contributed by atoms with E-state index < -0.39 is 0 Å². The molecule has 22 heavy (non-hydrogen) atoms. The van der Waals surface area contributed by atoms with Gasteiger partial charge in [0.15, 0.2) is 5.78 Å². The first-order valence-electron chi connectivity index (χ1n) is 7.40. The van der Waals surface area contributed by atoms with Crippen molar-refractivity contribution < 1.29 is 19.7 Å². The van der Waals surface area contributed by atoms with Crippen molar-refractivity contribution in [2.75, 3.05) is 6.61 Å². The van der Waals surface area contributed by atoms with Crippen molar-refractivity contribution in [2.24, 2.45) is 0 Å². The van der Waals surface area contributed by atoms with Gasteiger partial charge in [-0.2, -0.15) is 0 Å². The summed E-state index contributed by atoms with van der Waals surface area (Å²) < 4.78 is 5.52. The average Bonchev–Trinajstić information content (AvgIpc) is 3.02. The minimum Gasteiger partial charge on any atom is -0.507 e. The molecule has 0 aromatic heterocycles.